The zero-order chi connectivity index (χ0) is 18.0. The monoisotopic (exact) mass is 379 g/mol. The number of carbonyl (C=O) groups excluding carboxylic acids is 2. The molecular formula is C17H18ClN3O3S. The summed E-state index contributed by atoms with van der Waals surface area (Å²) in [7, 11) is 1.57. The summed E-state index contributed by atoms with van der Waals surface area (Å²) in [4.78, 5) is 30.7. The Morgan fingerprint density at radius 2 is 2.32 bits per heavy atom. The molecule has 6 nitrogen and oxygen atoms in total. The van der Waals surface area contributed by atoms with Crippen LogP contribution in [0.25, 0.3) is 0 Å². The second-order valence-corrected chi connectivity index (χ2v) is 6.97. The van der Waals surface area contributed by atoms with Crippen molar-refractivity contribution in [3.05, 3.63) is 34.8 Å². The lowest BCUT2D eigenvalue weighted by Crippen LogP contribution is -2.28. The van der Waals surface area contributed by atoms with Crippen LogP contribution in [-0.2, 0) is 15.5 Å². The van der Waals surface area contributed by atoms with Crippen LogP contribution in [0.2, 0.25) is 0 Å². The molecule has 1 aromatic heterocycles. The molecule has 0 bridgehead atoms. The Morgan fingerprint density at radius 3 is 3.00 bits per heavy atom. The first kappa shape index (κ1) is 17.7. The quantitative estimate of drug-likeness (QED) is 0.810. The van der Waals surface area contributed by atoms with E-state index in [2.05, 4.69) is 10.3 Å². The maximum atomic E-state index is 12.5. The van der Waals surface area contributed by atoms with Gasteiger partial charge in [0, 0.05) is 18.3 Å². The predicted molar refractivity (Wildman–Crippen MR) is 98.5 cm³/mol. The van der Waals surface area contributed by atoms with Gasteiger partial charge in [-0.25, -0.2) is 4.98 Å². The van der Waals surface area contributed by atoms with Crippen molar-refractivity contribution in [3.63, 3.8) is 0 Å². The molecule has 2 heterocycles. The number of hydrogen-bond donors (Lipinski definition) is 1. The summed E-state index contributed by atoms with van der Waals surface area (Å²) in [6, 6.07) is 5.64. The van der Waals surface area contributed by atoms with Gasteiger partial charge in [0.05, 0.1) is 30.3 Å². The van der Waals surface area contributed by atoms with E-state index < -0.39 is 5.92 Å². The fourth-order valence-corrected chi connectivity index (χ4v) is 3.70. The van der Waals surface area contributed by atoms with E-state index in [4.69, 9.17) is 16.3 Å². The van der Waals surface area contributed by atoms with E-state index in [1.807, 2.05) is 25.1 Å². The molecule has 1 unspecified atom stereocenters. The number of ether oxygens (including phenoxy) is 1. The van der Waals surface area contributed by atoms with Crippen molar-refractivity contribution in [2.75, 3.05) is 23.9 Å². The highest BCUT2D eigenvalue weighted by Crippen LogP contribution is 2.34. The molecule has 0 radical (unpaired) electrons. The zero-order valence-corrected chi connectivity index (χ0v) is 15.5. The number of halogens is 1. The van der Waals surface area contributed by atoms with Gasteiger partial charge in [-0.2, -0.15) is 0 Å². The van der Waals surface area contributed by atoms with Crippen molar-refractivity contribution in [2.24, 2.45) is 5.92 Å². The number of carbonyl (C=O) groups is 2. The molecule has 1 atom stereocenters. The van der Waals surface area contributed by atoms with Gasteiger partial charge in [0.25, 0.3) is 0 Å². The molecule has 1 aliphatic rings. The first-order valence-corrected chi connectivity index (χ1v) is 9.19. The van der Waals surface area contributed by atoms with E-state index >= 15 is 0 Å². The van der Waals surface area contributed by atoms with Crippen LogP contribution in [0.5, 0.6) is 5.75 Å². The molecule has 1 fully saturated rings. The number of aryl methyl sites for hydroxylation is 1. The molecule has 3 rings (SSSR count). The second kappa shape index (κ2) is 7.41. The highest BCUT2D eigenvalue weighted by Gasteiger charge is 2.36. The molecule has 1 aromatic carbocycles. The van der Waals surface area contributed by atoms with E-state index in [-0.39, 0.29) is 18.2 Å². The van der Waals surface area contributed by atoms with Crippen LogP contribution in [0, 0.1) is 12.8 Å². The lowest BCUT2D eigenvalue weighted by Gasteiger charge is -2.20. The highest BCUT2D eigenvalue weighted by molar-refractivity contribution is 7.14. The Bertz CT molecular complexity index is 808. The predicted octanol–water partition coefficient (Wildman–Crippen LogP) is 3.19. The number of thiazole rings is 1. The Hall–Kier alpha value is -2.12. The summed E-state index contributed by atoms with van der Waals surface area (Å²) >= 11 is 7.04. The van der Waals surface area contributed by atoms with Crippen LogP contribution >= 0.6 is 22.9 Å². The van der Waals surface area contributed by atoms with Crippen LogP contribution < -0.4 is 15.0 Å². The van der Waals surface area contributed by atoms with E-state index in [0.29, 0.717) is 29.0 Å². The SMILES string of the molecule is COc1ccc(C)cc1N1CC(C(=O)Nc2nc(CCl)cs2)CC1=O. The standard InChI is InChI=1S/C17H18ClN3O3S/c1-10-3-4-14(24-2)13(5-10)21-8-11(6-15(21)22)16(23)20-17-19-12(7-18)9-25-17/h3-5,9,11H,6-8H2,1-2H3,(H,19,20,23). The van der Waals surface area contributed by atoms with Gasteiger partial charge in [-0.15, -0.1) is 22.9 Å². The number of methoxy groups -OCH3 is 1. The van der Waals surface area contributed by atoms with Crippen molar-refractivity contribution >= 4 is 45.6 Å². The maximum absolute atomic E-state index is 12.5. The highest BCUT2D eigenvalue weighted by atomic mass is 35.5. The third kappa shape index (κ3) is 3.77. The Kier molecular flexibility index (Phi) is 5.24. The largest absolute Gasteiger partial charge is 0.495 e. The van der Waals surface area contributed by atoms with Crippen molar-refractivity contribution in [2.45, 2.75) is 19.2 Å². The molecule has 0 spiro atoms. The molecule has 2 amide bonds. The second-order valence-electron chi connectivity index (χ2n) is 5.85. The van der Waals surface area contributed by atoms with Crippen LogP contribution in [0.15, 0.2) is 23.6 Å². The van der Waals surface area contributed by atoms with Gasteiger partial charge >= 0.3 is 0 Å². The Balaban J connectivity index is 1.74. The molecule has 0 saturated carbocycles. The molecule has 2 aromatic rings. The Labute approximate surface area is 154 Å². The number of benzene rings is 1. The van der Waals surface area contributed by atoms with Gasteiger partial charge in [-0.1, -0.05) is 6.07 Å². The molecule has 1 N–H and O–H groups in total. The molecule has 25 heavy (non-hydrogen) atoms. The van der Waals surface area contributed by atoms with Crippen molar-refractivity contribution in [3.8, 4) is 5.75 Å². The van der Waals surface area contributed by atoms with Crippen molar-refractivity contribution < 1.29 is 14.3 Å². The van der Waals surface area contributed by atoms with E-state index in [0.717, 1.165) is 11.3 Å². The number of alkyl halides is 1. The van der Waals surface area contributed by atoms with Gasteiger partial charge in [-0.05, 0) is 24.6 Å². The summed E-state index contributed by atoms with van der Waals surface area (Å²) < 4.78 is 5.35. The average molecular weight is 380 g/mol. The topological polar surface area (TPSA) is 71.5 Å². The van der Waals surface area contributed by atoms with Crippen LogP contribution in [0.3, 0.4) is 0 Å². The molecule has 0 aliphatic carbocycles. The number of aromatic nitrogens is 1. The molecule has 1 aliphatic heterocycles. The lowest BCUT2D eigenvalue weighted by atomic mass is 10.1. The summed E-state index contributed by atoms with van der Waals surface area (Å²) in [5.74, 6) is 0.185. The smallest absolute Gasteiger partial charge is 0.231 e. The van der Waals surface area contributed by atoms with Gasteiger partial charge in [-0.3, -0.25) is 9.59 Å². The Morgan fingerprint density at radius 1 is 1.52 bits per heavy atom. The van der Waals surface area contributed by atoms with Crippen LogP contribution in [0.1, 0.15) is 17.7 Å². The number of anilines is 2. The van der Waals surface area contributed by atoms with Crippen LogP contribution in [-0.4, -0.2) is 30.5 Å². The fourth-order valence-electron chi connectivity index (χ4n) is 2.76. The van der Waals surface area contributed by atoms with E-state index in [1.54, 1.807) is 17.4 Å². The van der Waals surface area contributed by atoms with Gasteiger partial charge in [0.1, 0.15) is 5.75 Å². The summed E-state index contributed by atoms with van der Waals surface area (Å²) in [6.45, 7) is 2.27. The fraction of sp³-hybridized carbons (Fsp3) is 0.353. The average Bonchev–Trinajstić information content (AvgIpc) is 3.21. The zero-order valence-electron chi connectivity index (χ0n) is 13.9. The van der Waals surface area contributed by atoms with Crippen LogP contribution in [0.4, 0.5) is 10.8 Å². The van der Waals surface area contributed by atoms with E-state index in [1.165, 1.54) is 11.3 Å². The maximum Gasteiger partial charge on any atom is 0.231 e. The molecule has 1 saturated heterocycles. The van der Waals surface area contributed by atoms with E-state index in [9.17, 15) is 9.59 Å². The summed E-state index contributed by atoms with van der Waals surface area (Å²) in [5.41, 5.74) is 2.44. The number of nitrogens with zero attached hydrogens (tertiary/aromatic N) is 2. The van der Waals surface area contributed by atoms with Gasteiger partial charge in [0.15, 0.2) is 5.13 Å². The number of nitrogens with one attached hydrogen (secondary N) is 1. The first-order chi connectivity index (χ1) is 12.0. The summed E-state index contributed by atoms with van der Waals surface area (Å²) in [5, 5.41) is 5.07. The normalized spacial score (nSPS) is 17.0. The first-order valence-electron chi connectivity index (χ1n) is 7.78. The number of rotatable bonds is 5. The van der Waals surface area contributed by atoms with Gasteiger partial charge < -0.3 is 15.0 Å². The minimum atomic E-state index is -0.430. The third-order valence-electron chi connectivity index (χ3n) is 4.04. The lowest BCUT2D eigenvalue weighted by molar-refractivity contribution is -0.122. The molecular weight excluding hydrogens is 362 g/mol. The van der Waals surface area contributed by atoms with Gasteiger partial charge in [0.2, 0.25) is 11.8 Å². The minimum Gasteiger partial charge on any atom is -0.495 e. The third-order valence-corrected chi connectivity index (χ3v) is 5.12. The van der Waals surface area contributed by atoms with Crippen molar-refractivity contribution in [1.82, 2.24) is 4.98 Å². The summed E-state index contributed by atoms with van der Waals surface area (Å²) in [6.07, 6.45) is 0.163. The molecule has 132 valence electrons. The number of hydrogen-bond acceptors (Lipinski definition) is 5. The van der Waals surface area contributed by atoms with Crippen molar-refractivity contribution in [1.29, 1.82) is 0 Å². The number of amides is 2. The molecule has 8 heteroatoms. The minimum absolute atomic E-state index is 0.0929.